The molecule has 86 valence electrons. The fraction of sp³-hybridized carbons (Fsp3) is 0.500. The molecular formula is C12H17N3O. The smallest absolute Gasteiger partial charge is 0.254 e. The van der Waals surface area contributed by atoms with Gasteiger partial charge in [0.05, 0.1) is 0 Å². The Morgan fingerprint density at radius 2 is 2.31 bits per heavy atom. The molecule has 0 bridgehead atoms. The average molecular weight is 219 g/mol. The van der Waals surface area contributed by atoms with Gasteiger partial charge in [0.25, 0.3) is 5.91 Å². The van der Waals surface area contributed by atoms with Crippen LogP contribution in [0.15, 0.2) is 18.3 Å². The summed E-state index contributed by atoms with van der Waals surface area (Å²) in [5.41, 5.74) is 1.63. The number of carbonyl (C=O) groups is 1. The zero-order valence-corrected chi connectivity index (χ0v) is 9.57. The van der Waals surface area contributed by atoms with Gasteiger partial charge in [-0.25, -0.2) is 0 Å². The van der Waals surface area contributed by atoms with Gasteiger partial charge in [0, 0.05) is 37.1 Å². The van der Waals surface area contributed by atoms with E-state index < -0.39 is 0 Å². The van der Waals surface area contributed by atoms with Crippen LogP contribution in [0.25, 0.3) is 0 Å². The van der Waals surface area contributed by atoms with Crippen LogP contribution in [0.1, 0.15) is 22.5 Å². The van der Waals surface area contributed by atoms with Gasteiger partial charge in [0.1, 0.15) is 0 Å². The molecule has 4 heteroatoms. The molecule has 2 heterocycles. The summed E-state index contributed by atoms with van der Waals surface area (Å²) in [4.78, 5) is 18.2. The molecule has 4 nitrogen and oxygen atoms in total. The van der Waals surface area contributed by atoms with Crippen molar-refractivity contribution in [2.24, 2.45) is 0 Å². The fourth-order valence-corrected chi connectivity index (χ4v) is 1.91. The Labute approximate surface area is 95.7 Å². The predicted molar refractivity (Wildman–Crippen MR) is 62.4 cm³/mol. The largest absolute Gasteiger partial charge is 0.337 e. The highest BCUT2D eigenvalue weighted by atomic mass is 16.2. The Bertz CT molecular complexity index is 370. The molecule has 1 aliphatic rings. The van der Waals surface area contributed by atoms with Crippen LogP contribution in [0, 0.1) is 6.92 Å². The lowest BCUT2D eigenvalue weighted by Gasteiger charge is -2.19. The maximum atomic E-state index is 12.2. The average Bonchev–Trinajstić information content (AvgIpc) is 2.56. The van der Waals surface area contributed by atoms with Gasteiger partial charge in [-0.3, -0.25) is 9.78 Å². The lowest BCUT2D eigenvalue weighted by atomic mass is 10.2. The Kier molecular flexibility index (Phi) is 3.51. The minimum absolute atomic E-state index is 0.120. The summed E-state index contributed by atoms with van der Waals surface area (Å²) in [6, 6.07) is 3.63. The van der Waals surface area contributed by atoms with Gasteiger partial charge < -0.3 is 10.2 Å². The molecule has 1 fully saturated rings. The van der Waals surface area contributed by atoms with Gasteiger partial charge in [0.15, 0.2) is 0 Å². The molecule has 1 saturated heterocycles. The van der Waals surface area contributed by atoms with Gasteiger partial charge in [0.2, 0.25) is 0 Å². The molecule has 1 aromatic heterocycles. The Hall–Kier alpha value is -1.42. The fourth-order valence-electron chi connectivity index (χ4n) is 1.91. The first-order valence-electron chi connectivity index (χ1n) is 5.70. The first-order valence-corrected chi connectivity index (χ1v) is 5.70. The van der Waals surface area contributed by atoms with Crippen molar-refractivity contribution >= 4 is 5.91 Å². The molecule has 1 aromatic rings. The summed E-state index contributed by atoms with van der Waals surface area (Å²) in [6.07, 6.45) is 2.72. The Morgan fingerprint density at radius 3 is 3.12 bits per heavy atom. The van der Waals surface area contributed by atoms with Crippen LogP contribution in [0.3, 0.4) is 0 Å². The van der Waals surface area contributed by atoms with Crippen molar-refractivity contribution in [2.45, 2.75) is 13.3 Å². The number of aromatic nitrogens is 1. The van der Waals surface area contributed by atoms with E-state index in [1.165, 1.54) is 0 Å². The van der Waals surface area contributed by atoms with Crippen LogP contribution in [0.4, 0.5) is 0 Å². The quantitative estimate of drug-likeness (QED) is 0.760. The van der Waals surface area contributed by atoms with E-state index in [1.54, 1.807) is 12.3 Å². The third-order valence-electron chi connectivity index (χ3n) is 2.77. The van der Waals surface area contributed by atoms with Crippen molar-refractivity contribution in [1.82, 2.24) is 15.2 Å². The van der Waals surface area contributed by atoms with Crippen LogP contribution >= 0.6 is 0 Å². The molecule has 0 unspecified atom stereocenters. The number of aryl methyl sites for hydroxylation is 1. The highest BCUT2D eigenvalue weighted by molar-refractivity contribution is 5.94. The van der Waals surface area contributed by atoms with E-state index in [0.717, 1.165) is 43.9 Å². The minimum Gasteiger partial charge on any atom is -0.337 e. The van der Waals surface area contributed by atoms with E-state index in [9.17, 15) is 4.79 Å². The van der Waals surface area contributed by atoms with E-state index in [4.69, 9.17) is 0 Å². The normalized spacial score (nSPS) is 16.9. The second-order valence-electron chi connectivity index (χ2n) is 4.08. The molecule has 0 spiro atoms. The Balaban J connectivity index is 2.11. The number of pyridine rings is 1. The second kappa shape index (κ2) is 5.07. The molecule has 1 amide bonds. The molecule has 0 saturated carbocycles. The summed E-state index contributed by atoms with van der Waals surface area (Å²) in [5, 5.41) is 3.29. The van der Waals surface area contributed by atoms with Crippen molar-refractivity contribution in [3.63, 3.8) is 0 Å². The number of amides is 1. The first kappa shape index (κ1) is 11.1. The molecule has 0 atom stereocenters. The maximum absolute atomic E-state index is 12.2. The van der Waals surface area contributed by atoms with Crippen molar-refractivity contribution in [3.8, 4) is 0 Å². The van der Waals surface area contributed by atoms with Crippen molar-refractivity contribution in [1.29, 1.82) is 0 Å². The number of rotatable bonds is 1. The number of carbonyl (C=O) groups excluding carboxylic acids is 1. The van der Waals surface area contributed by atoms with Gasteiger partial charge in [-0.05, 0) is 32.0 Å². The minimum atomic E-state index is 0.120. The SMILES string of the molecule is Cc1cc(C(=O)N2CCCNCC2)ccn1. The summed E-state index contributed by atoms with van der Waals surface area (Å²) in [5.74, 6) is 0.120. The third kappa shape index (κ3) is 2.58. The highest BCUT2D eigenvalue weighted by Gasteiger charge is 2.16. The van der Waals surface area contributed by atoms with Crippen molar-refractivity contribution in [2.75, 3.05) is 26.2 Å². The second-order valence-corrected chi connectivity index (χ2v) is 4.08. The van der Waals surface area contributed by atoms with Crippen molar-refractivity contribution in [3.05, 3.63) is 29.6 Å². The molecular weight excluding hydrogens is 202 g/mol. The van der Waals surface area contributed by atoms with Crippen LogP contribution < -0.4 is 5.32 Å². The molecule has 16 heavy (non-hydrogen) atoms. The highest BCUT2D eigenvalue weighted by Crippen LogP contribution is 2.07. The molecule has 0 aliphatic carbocycles. The maximum Gasteiger partial charge on any atom is 0.254 e. The summed E-state index contributed by atoms with van der Waals surface area (Å²) in [6.45, 7) is 5.42. The zero-order chi connectivity index (χ0) is 11.4. The van der Waals surface area contributed by atoms with E-state index in [-0.39, 0.29) is 5.91 Å². The third-order valence-corrected chi connectivity index (χ3v) is 2.77. The van der Waals surface area contributed by atoms with E-state index in [0.29, 0.717) is 0 Å². The van der Waals surface area contributed by atoms with Gasteiger partial charge in [-0.2, -0.15) is 0 Å². The van der Waals surface area contributed by atoms with E-state index in [1.807, 2.05) is 17.9 Å². The molecule has 0 radical (unpaired) electrons. The van der Waals surface area contributed by atoms with Gasteiger partial charge >= 0.3 is 0 Å². The van der Waals surface area contributed by atoms with Crippen LogP contribution in [0.2, 0.25) is 0 Å². The summed E-state index contributed by atoms with van der Waals surface area (Å²) in [7, 11) is 0. The Morgan fingerprint density at radius 1 is 1.44 bits per heavy atom. The van der Waals surface area contributed by atoms with Gasteiger partial charge in [-0.1, -0.05) is 0 Å². The summed E-state index contributed by atoms with van der Waals surface area (Å²) < 4.78 is 0. The van der Waals surface area contributed by atoms with Crippen LogP contribution in [-0.2, 0) is 0 Å². The number of nitrogens with zero attached hydrogens (tertiary/aromatic N) is 2. The van der Waals surface area contributed by atoms with Gasteiger partial charge in [-0.15, -0.1) is 0 Å². The summed E-state index contributed by atoms with van der Waals surface area (Å²) >= 11 is 0. The van der Waals surface area contributed by atoms with Crippen LogP contribution in [-0.4, -0.2) is 42.0 Å². The zero-order valence-electron chi connectivity index (χ0n) is 9.57. The number of nitrogens with one attached hydrogen (secondary N) is 1. The van der Waals surface area contributed by atoms with Crippen molar-refractivity contribution < 1.29 is 4.79 Å². The molecule has 2 rings (SSSR count). The molecule has 1 aliphatic heterocycles. The number of hydrogen-bond acceptors (Lipinski definition) is 3. The lowest BCUT2D eigenvalue weighted by molar-refractivity contribution is 0.0766. The van der Waals surface area contributed by atoms with Crippen LogP contribution in [0.5, 0.6) is 0 Å². The predicted octanol–water partition coefficient (Wildman–Crippen LogP) is 0.826. The van der Waals surface area contributed by atoms with E-state index >= 15 is 0 Å². The number of hydrogen-bond donors (Lipinski definition) is 1. The van der Waals surface area contributed by atoms with E-state index in [2.05, 4.69) is 10.3 Å². The topological polar surface area (TPSA) is 45.2 Å². The first-order chi connectivity index (χ1) is 7.77. The molecule has 0 aromatic carbocycles. The molecule has 1 N–H and O–H groups in total. The monoisotopic (exact) mass is 219 g/mol. The standard InChI is InChI=1S/C12H17N3O/c1-10-9-11(3-5-14-10)12(16)15-7-2-4-13-6-8-15/h3,5,9,13H,2,4,6-8H2,1H3. The lowest BCUT2D eigenvalue weighted by Crippen LogP contribution is -2.34.